The predicted molar refractivity (Wildman–Crippen MR) is 89.7 cm³/mol. The minimum Gasteiger partial charge on any atom is -0.481 e. The van der Waals surface area contributed by atoms with Crippen LogP contribution in [0.2, 0.25) is 0 Å². The maximum Gasteiger partial charge on any atom is 0.408 e. The molecular formula is C18H25NO5. The first-order valence-electron chi connectivity index (χ1n) is 7.87. The van der Waals surface area contributed by atoms with Crippen molar-refractivity contribution in [2.75, 3.05) is 0 Å². The molecule has 0 aromatic heterocycles. The molecule has 0 aliphatic heterocycles. The number of amides is 1. The molecule has 0 bridgehead atoms. The maximum absolute atomic E-state index is 12.4. The Balaban J connectivity index is 2.84. The van der Waals surface area contributed by atoms with E-state index in [1.54, 1.807) is 20.8 Å². The number of carboxylic acid groups (broad SMARTS) is 1. The van der Waals surface area contributed by atoms with Crippen LogP contribution in [0.15, 0.2) is 30.3 Å². The zero-order chi connectivity index (χ0) is 18.3. The quantitative estimate of drug-likeness (QED) is 0.799. The lowest BCUT2D eigenvalue weighted by atomic mass is 9.96. The highest BCUT2D eigenvalue weighted by atomic mass is 16.6. The summed E-state index contributed by atoms with van der Waals surface area (Å²) in [7, 11) is 0. The fraction of sp³-hybridized carbons (Fsp3) is 0.500. The third kappa shape index (κ3) is 7.26. The second-order valence-electron chi connectivity index (χ2n) is 6.80. The van der Waals surface area contributed by atoms with Crippen molar-refractivity contribution in [1.82, 2.24) is 5.32 Å². The van der Waals surface area contributed by atoms with Crippen LogP contribution in [-0.4, -0.2) is 34.6 Å². The van der Waals surface area contributed by atoms with Crippen LogP contribution in [0.4, 0.5) is 4.79 Å². The monoisotopic (exact) mass is 335 g/mol. The smallest absolute Gasteiger partial charge is 0.408 e. The van der Waals surface area contributed by atoms with E-state index in [2.05, 4.69) is 5.32 Å². The molecule has 1 amide bonds. The van der Waals surface area contributed by atoms with Crippen LogP contribution in [0.5, 0.6) is 0 Å². The first-order valence-corrected chi connectivity index (χ1v) is 7.87. The lowest BCUT2D eigenvalue weighted by Crippen LogP contribution is -2.45. The third-order valence-electron chi connectivity index (χ3n) is 3.29. The molecule has 24 heavy (non-hydrogen) atoms. The number of carbonyl (C=O) groups excluding carboxylic acids is 2. The number of carbonyl (C=O) groups is 3. The molecule has 2 atom stereocenters. The largest absolute Gasteiger partial charge is 0.481 e. The molecule has 1 aromatic rings. The van der Waals surface area contributed by atoms with E-state index in [9.17, 15) is 14.4 Å². The Labute approximate surface area is 142 Å². The lowest BCUT2D eigenvalue weighted by Gasteiger charge is -2.23. The molecule has 0 radical (unpaired) electrons. The highest BCUT2D eigenvalue weighted by Gasteiger charge is 2.27. The molecule has 1 aromatic carbocycles. The molecule has 0 saturated carbocycles. The van der Waals surface area contributed by atoms with Crippen molar-refractivity contribution in [3.63, 3.8) is 0 Å². The summed E-state index contributed by atoms with van der Waals surface area (Å²) >= 11 is 0. The Bertz CT molecular complexity index is 577. The van der Waals surface area contributed by atoms with Crippen molar-refractivity contribution < 1.29 is 24.2 Å². The molecule has 0 heterocycles. The van der Waals surface area contributed by atoms with Crippen LogP contribution >= 0.6 is 0 Å². The Kier molecular flexibility index (Phi) is 6.95. The SMILES string of the molecule is CC(CC(=O)[C@H](Cc1ccccc1)NC(=O)OC(C)(C)C)C(=O)O. The van der Waals surface area contributed by atoms with E-state index >= 15 is 0 Å². The van der Waals surface area contributed by atoms with Gasteiger partial charge in [-0.1, -0.05) is 37.3 Å². The van der Waals surface area contributed by atoms with E-state index in [0.717, 1.165) is 5.56 Å². The number of Topliss-reactive ketones (excluding diaryl/α,β-unsaturated/α-hetero) is 1. The third-order valence-corrected chi connectivity index (χ3v) is 3.29. The lowest BCUT2D eigenvalue weighted by molar-refractivity contribution is -0.143. The van der Waals surface area contributed by atoms with E-state index in [0.29, 0.717) is 0 Å². The van der Waals surface area contributed by atoms with Gasteiger partial charge in [-0.3, -0.25) is 9.59 Å². The number of ketones is 1. The van der Waals surface area contributed by atoms with Crippen LogP contribution in [0.25, 0.3) is 0 Å². The summed E-state index contributed by atoms with van der Waals surface area (Å²) in [6.07, 6.45) is -0.562. The fourth-order valence-corrected chi connectivity index (χ4v) is 2.08. The number of alkyl carbamates (subject to hydrolysis) is 1. The minimum absolute atomic E-state index is 0.150. The molecule has 6 nitrogen and oxygen atoms in total. The number of hydrogen-bond donors (Lipinski definition) is 2. The molecule has 132 valence electrons. The predicted octanol–water partition coefficient (Wildman–Crippen LogP) is 2.80. The molecule has 0 spiro atoms. The van der Waals surface area contributed by atoms with Crippen LogP contribution < -0.4 is 5.32 Å². The Hall–Kier alpha value is -2.37. The van der Waals surface area contributed by atoms with Crippen molar-refractivity contribution in [3.8, 4) is 0 Å². The fourth-order valence-electron chi connectivity index (χ4n) is 2.08. The summed E-state index contributed by atoms with van der Waals surface area (Å²) in [5.74, 6) is -2.19. The van der Waals surface area contributed by atoms with Gasteiger partial charge in [0.25, 0.3) is 0 Å². The average molecular weight is 335 g/mol. The van der Waals surface area contributed by atoms with Crippen LogP contribution in [-0.2, 0) is 20.7 Å². The average Bonchev–Trinajstić information content (AvgIpc) is 2.45. The standard InChI is InChI=1S/C18H25NO5/c1-12(16(21)22)10-15(20)14(11-13-8-6-5-7-9-13)19-17(23)24-18(2,3)4/h5-9,12,14H,10-11H2,1-4H3,(H,19,23)(H,21,22)/t12?,14-/m0/s1. The van der Waals surface area contributed by atoms with Crippen molar-refractivity contribution in [2.24, 2.45) is 5.92 Å². The summed E-state index contributed by atoms with van der Waals surface area (Å²) < 4.78 is 5.19. The van der Waals surface area contributed by atoms with Gasteiger partial charge in [0.1, 0.15) is 5.60 Å². The van der Waals surface area contributed by atoms with Crippen molar-refractivity contribution >= 4 is 17.8 Å². The van der Waals surface area contributed by atoms with Gasteiger partial charge in [-0.2, -0.15) is 0 Å². The van der Waals surface area contributed by atoms with Crippen molar-refractivity contribution in [1.29, 1.82) is 0 Å². The zero-order valence-electron chi connectivity index (χ0n) is 14.5. The number of nitrogens with one attached hydrogen (secondary N) is 1. The first-order chi connectivity index (χ1) is 11.1. The van der Waals surface area contributed by atoms with Gasteiger partial charge in [0, 0.05) is 6.42 Å². The minimum atomic E-state index is -1.04. The summed E-state index contributed by atoms with van der Waals surface area (Å²) in [5.41, 5.74) is 0.189. The second kappa shape index (κ2) is 8.47. The first kappa shape index (κ1) is 19.7. The van der Waals surface area contributed by atoms with Gasteiger partial charge in [0.05, 0.1) is 12.0 Å². The number of hydrogen-bond acceptors (Lipinski definition) is 4. The number of aliphatic carboxylic acids is 1. The van der Waals surface area contributed by atoms with Gasteiger partial charge in [-0.15, -0.1) is 0 Å². The van der Waals surface area contributed by atoms with Gasteiger partial charge < -0.3 is 15.2 Å². The van der Waals surface area contributed by atoms with Gasteiger partial charge in [0.2, 0.25) is 0 Å². The summed E-state index contributed by atoms with van der Waals surface area (Å²) in [6, 6.07) is 8.39. The highest BCUT2D eigenvalue weighted by Crippen LogP contribution is 2.12. The van der Waals surface area contributed by atoms with Gasteiger partial charge >= 0.3 is 12.1 Å². The topological polar surface area (TPSA) is 92.7 Å². The molecular weight excluding hydrogens is 310 g/mol. The molecule has 1 unspecified atom stereocenters. The van der Waals surface area contributed by atoms with Crippen LogP contribution in [0.3, 0.4) is 0 Å². The zero-order valence-corrected chi connectivity index (χ0v) is 14.5. The Morgan fingerprint density at radius 3 is 2.25 bits per heavy atom. The van der Waals surface area contributed by atoms with E-state index in [1.807, 2.05) is 30.3 Å². The number of benzene rings is 1. The molecule has 0 aliphatic carbocycles. The summed E-state index contributed by atoms with van der Waals surface area (Å²) in [6.45, 7) is 6.65. The van der Waals surface area contributed by atoms with E-state index in [4.69, 9.17) is 9.84 Å². The normalized spacial score (nSPS) is 13.7. The molecule has 1 rings (SSSR count). The Morgan fingerprint density at radius 2 is 1.75 bits per heavy atom. The second-order valence-corrected chi connectivity index (χ2v) is 6.80. The maximum atomic E-state index is 12.4. The van der Waals surface area contributed by atoms with Gasteiger partial charge in [-0.05, 0) is 32.8 Å². The van der Waals surface area contributed by atoms with Crippen LogP contribution in [0, 0.1) is 5.92 Å². The van der Waals surface area contributed by atoms with Crippen LogP contribution in [0.1, 0.15) is 39.7 Å². The summed E-state index contributed by atoms with van der Waals surface area (Å²) in [5, 5.41) is 11.5. The van der Waals surface area contributed by atoms with Crippen molar-refractivity contribution in [2.45, 2.75) is 52.2 Å². The van der Waals surface area contributed by atoms with Gasteiger partial charge in [0.15, 0.2) is 5.78 Å². The molecule has 6 heteroatoms. The van der Waals surface area contributed by atoms with E-state index in [1.165, 1.54) is 6.92 Å². The molecule has 0 fully saturated rings. The molecule has 0 aliphatic rings. The number of ether oxygens (including phenoxy) is 1. The highest BCUT2D eigenvalue weighted by molar-refractivity contribution is 5.90. The molecule has 0 saturated heterocycles. The van der Waals surface area contributed by atoms with E-state index in [-0.39, 0.29) is 18.6 Å². The number of rotatable bonds is 7. The summed E-state index contributed by atoms with van der Waals surface area (Å²) in [4.78, 5) is 35.4. The Morgan fingerprint density at radius 1 is 1.17 bits per heavy atom. The van der Waals surface area contributed by atoms with E-state index < -0.39 is 29.6 Å². The van der Waals surface area contributed by atoms with Gasteiger partial charge in [-0.25, -0.2) is 4.79 Å². The molecule has 2 N–H and O–H groups in total. The number of carboxylic acids is 1. The van der Waals surface area contributed by atoms with Crippen molar-refractivity contribution in [3.05, 3.63) is 35.9 Å².